The topological polar surface area (TPSA) is 67.4 Å². The molecule has 1 aliphatic rings. The maximum atomic E-state index is 8.81. The SMILES string of the molecule is N#CC1=CCC(Cn2cnc3c(Cl)nc(Cl)nc32)C=C1. The first-order chi connectivity index (χ1) is 9.67. The lowest BCUT2D eigenvalue weighted by atomic mass is 9.97. The average Bonchev–Trinajstić information content (AvgIpc) is 2.83. The fourth-order valence-electron chi connectivity index (χ4n) is 2.15. The molecule has 0 fully saturated rings. The van der Waals surface area contributed by atoms with Crippen LogP contribution in [0.25, 0.3) is 11.2 Å². The van der Waals surface area contributed by atoms with E-state index >= 15 is 0 Å². The van der Waals surface area contributed by atoms with Crippen LogP contribution in [0.4, 0.5) is 0 Å². The van der Waals surface area contributed by atoms with Crippen molar-refractivity contribution in [2.24, 2.45) is 5.92 Å². The molecule has 1 unspecified atom stereocenters. The standard InChI is InChI=1S/C13H9Cl2N5/c14-11-10-12(19-13(15)18-11)20(7-17-10)6-9-3-1-8(5-16)2-4-9/h1-3,7,9H,4,6H2. The van der Waals surface area contributed by atoms with Gasteiger partial charge in [0.25, 0.3) is 0 Å². The second-order valence-corrected chi connectivity index (χ2v) is 5.17. The third-order valence-electron chi connectivity index (χ3n) is 3.14. The van der Waals surface area contributed by atoms with Crippen molar-refractivity contribution in [1.29, 1.82) is 5.26 Å². The van der Waals surface area contributed by atoms with Gasteiger partial charge in [0, 0.05) is 12.1 Å². The third kappa shape index (κ3) is 2.40. The Balaban J connectivity index is 1.88. The molecule has 2 aromatic heterocycles. The van der Waals surface area contributed by atoms with Gasteiger partial charge in [-0.25, -0.2) is 9.97 Å². The minimum Gasteiger partial charge on any atom is -0.315 e. The van der Waals surface area contributed by atoms with Crippen LogP contribution in [0.3, 0.4) is 0 Å². The van der Waals surface area contributed by atoms with Crippen molar-refractivity contribution < 1.29 is 0 Å². The van der Waals surface area contributed by atoms with Gasteiger partial charge >= 0.3 is 0 Å². The highest BCUT2D eigenvalue weighted by atomic mass is 35.5. The molecule has 2 heterocycles. The summed E-state index contributed by atoms with van der Waals surface area (Å²) in [5, 5.41) is 9.17. The van der Waals surface area contributed by atoms with Crippen LogP contribution >= 0.6 is 23.2 Å². The van der Waals surface area contributed by atoms with Gasteiger partial charge in [-0.3, -0.25) is 0 Å². The van der Waals surface area contributed by atoms with Crippen molar-refractivity contribution in [3.63, 3.8) is 0 Å². The van der Waals surface area contributed by atoms with Crippen molar-refractivity contribution in [1.82, 2.24) is 19.5 Å². The maximum absolute atomic E-state index is 8.81. The normalized spacial score (nSPS) is 18.1. The Morgan fingerprint density at radius 1 is 1.40 bits per heavy atom. The predicted molar refractivity (Wildman–Crippen MR) is 76.3 cm³/mol. The first-order valence-corrected chi connectivity index (χ1v) is 6.75. The number of halogens is 2. The van der Waals surface area contributed by atoms with Gasteiger partial charge in [0.15, 0.2) is 10.8 Å². The van der Waals surface area contributed by atoms with Crippen LogP contribution in [0.5, 0.6) is 0 Å². The molecule has 0 saturated heterocycles. The van der Waals surface area contributed by atoms with Crippen LogP contribution in [0, 0.1) is 17.2 Å². The van der Waals surface area contributed by atoms with Gasteiger partial charge in [-0.05, 0) is 30.0 Å². The van der Waals surface area contributed by atoms with E-state index in [1.165, 1.54) is 0 Å². The van der Waals surface area contributed by atoms with Crippen molar-refractivity contribution in [3.05, 3.63) is 40.6 Å². The van der Waals surface area contributed by atoms with E-state index in [4.69, 9.17) is 28.5 Å². The number of aromatic nitrogens is 4. The lowest BCUT2D eigenvalue weighted by Crippen LogP contribution is -2.10. The highest BCUT2D eigenvalue weighted by molar-refractivity contribution is 6.35. The number of nitriles is 1. The molecule has 100 valence electrons. The largest absolute Gasteiger partial charge is 0.315 e. The summed E-state index contributed by atoms with van der Waals surface area (Å²) in [5.74, 6) is 0.289. The fraction of sp³-hybridized carbons (Fsp3) is 0.231. The smallest absolute Gasteiger partial charge is 0.225 e. The molecule has 0 saturated carbocycles. The number of allylic oxidation sites excluding steroid dienone is 4. The van der Waals surface area contributed by atoms with Crippen molar-refractivity contribution in [2.75, 3.05) is 0 Å². The van der Waals surface area contributed by atoms with Crippen LogP contribution in [0.15, 0.2) is 30.1 Å². The van der Waals surface area contributed by atoms with Gasteiger partial charge in [-0.2, -0.15) is 10.2 Å². The zero-order chi connectivity index (χ0) is 14.1. The van der Waals surface area contributed by atoms with Gasteiger partial charge in [-0.1, -0.05) is 23.8 Å². The zero-order valence-corrected chi connectivity index (χ0v) is 11.8. The fourth-order valence-corrected chi connectivity index (χ4v) is 2.58. The molecule has 0 N–H and O–H groups in total. The Hall–Kier alpha value is -1.90. The Morgan fingerprint density at radius 2 is 2.25 bits per heavy atom. The molecular formula is C13H9Cl2N5. The molecule has 0 spiro atoms. The lowest BCUT2D eigenvalue weighted by Gasteiger charge is -2.14. The van der Waals surface area contributed by atoms with Gasteiger partial charge in [0.1, 0.15) is 5.52 Å². The van der Waals surface area contributed by atoms with Crippen molar-refractivity contribution >= 4 is 34.4 Å². The van der Waals surface area contributed by atoms with Crippen molar-refractivity contribution in [2.45, 2.75) is 13.0 Å². The highest BCUT2D eigenvalue weighted by Crippen LogP contribution is 2.23. The third-order valence-corrected chi connectivity index (χ3v) is 3.58. The quantitative estimate of drug-likeness (QED) is 0.631. The molecule has 0 amide bonds. The molecule has 0 aromatic carbocycles. The van der Waals surface area contributed by atoms with E-state index in [1.807, 2.05) is 22.8 Å². The summed E-state index contributed by atoms with van der Waals surface area (Å²) in [6.45, 7) is 0.700. The second-order valence-electron chi connectivity index (χ2n) is 4.48. The minimum atomic E-state index is 0.107. The molecule has 5 nitrogen and oxygen atoms in total. The lowest BCUT2D eigenvalue weighted by molar-refractivity contribution is 0.538. The van der Waals surface area contributed by atoms with E-state index in [9.17, 15) is 0 Å². The Kier molecular flexibility index (Phi) is 3.43. The van der Waals surface area contributed by atoms with Crippen LogP contribution in [-0.4, -0.2) is 19.5 Å². The molecule has 0 bridgehead atoms. The number of imidazole rings is 1. The van der Waals surface area contributed by atoms with Gasteiger partial charge in [0.05, 0.1) is 12.4 Å². The Morgan fingerprint density at radius 3 is 2.95 bits per heavy atom. The summed E-state index contributed by atoms with van der Waals surface area (Å²) >= 11 is 11.8. The summed E-state index contributed by atoms with van der Waals surface area (Å²) in [4.78, 5) is 12.3. The summed E-state index contributed by atoms with van der Waals surface area (Å²) in [6.07, 6.45) is 8.28. The molecule has 0 radical (unpaired) electrons. The summed E-state index contributed by atoms with van der Waals surface area (Å²) in [5.41, 5.74) is 1.87. The maximum Gasteiger partial charge on any atom is 0.225 e. The van der Waals surface area contributed by atoms with E-state index in [0.29, 0.717) is 23.3 Å². The second kappa shape index (κ2) is 5.23. The first-order valence-electron chi connectivity index (χ1n) is 5.99. The average molecular weight is 306 g/mol. The van der Waals surface area contributed by atoms with E-state index in [2.05, 4.69) is 21.0 Å². The Labute approximate surface area is 125 Å². The molecule has 7 heteroatoms. The van der Waals surface area contributed by atoms with Crippen LogP contribution < -0.4 is 0 Å². The van der Waals surface area contributed by atoms with Gasteiger partial charge in [-0.15, -0.1) is 0 Å². The molecule has 20 heavy (non-hydrogen) atoms. The molecule has 1 atom stereocenters. The molecular weight excluding hydrogens is 297 g/mol. The molecule has 0 aliphatic heterocycles. The summed E-state index contributed by atoms with van der Waals surface area (Å²) < 4.78 is 1.90. The summed E-state index contributed by atoms with van der Waals surface area (Å²) in [7, 11) is 0. The summed E-state index contributed by atoms with van der Waals surface area (Å²) in [6, 6.07) is 2.13. The number of hydrogen-bond acceptors (Lipinski definition) is 4. The molecule has 1 aliphatic carbocycles. The number of fused-ring (bicyclic) bond motifs is 1. The van der Waals surface area contributed by atoms with E-state index in [1.54, 1.807) is 6.33 Å². The predicted octanol–water partition coefficient (Wildman–Crippen LogP) is 3.16. The number of nitrogens with zero attached hydrogens (tertiary/aromatic N) is 5. The Bertz CT molecular complexity index is 769. The van der Waals surface area contributed by atoms with E-state index in [-0.39, 0.29) is 16.4 Å². The van der Waals surface area contributed by atoms with Crippen LogP contribution in [0.1, 0.15) is 6.42 Å². The highest BCUT2D eigenvalue weighted by Gasteiger charge is 2.15. The van der Waals surface area contributed by atoms with Crippen LogP contribution in [-0.2, 0) is 6.54 Å². The minimum absolute atomic E-state index is 0.107. The monoisotopic (exact) mass is 305 g/mol. The van der Waals surface area contributed by atoms with Gasteiger partial charge < -0.3 is 4.57 Å². The zero-order valence-electron chi connectivity index (χ0n) is 10.3. The molecule has 3 rings (SSSR count). The number of hydrogen-bond donors (Lipinski definition) is 0. The molecule has 2 aromatic rings. The van der Waals surface area contributed by atoms with Gasteiger partial charge in [0.2, 0.25) is 5.28 Å². The number of rotatable bonds is 2. The van der Waals surface area contributed by atoms with E-state index < -0.39 is 0 Å². The first kappa shape index (κ1) is 13.1. The van der Waals surface area contributed by atoms with Crippen molar-refractivity contribution in [3.8, 4) is 6.07 Å². The van der Waals surface area contributed by atoms with Crippen LogP contribution in [0.2, 0.25) is 10.4 Å². The van der Waals surface area contributed by atoms with E-state index in [0.717, 1.165) is 6.42 Å².